The van der Waals surface area contributed by atoms with Crippen molar-refractivity contribution in [1.82, 2.24) is 10.6 Å². The summed E-state index contributed by atoms with van der Waals surface area (Å²) in [7, 11) is 0. The summed E-state index contributed by atoms with van der Waals surface area (Å²) in [5.41, 5.74) is 3.04. The molecule has 0 spiro atoms. The maximum Gasteiger partial charge on any atom is 0.408 e. The molecule has 9 nitrogen and oxygen atoms in total. The number of thioether (sulfide) groups is 1. The molecule has 0 saturated heterocycles. The standard InChI is InChI=1S/C27H44N2O7S/c1-18(2)10-8-11-19(3)12-9-13-20(4)14-15-37-17-22(25(33)34)28-24(32)21(16-23(30)31)29-26(35)36-27(5,6)7/h10,12,14,21-22H,8-9,11,13,15-17H2,1-7H3,(H,28,32)(H,29,35)(H,30,31)(H,33,34)/b19-12+,20-14+. The number of nitrogens with one attached hydrogen (secondary N) is 2. The second-order valence-electron chi connectivity index (χ2n) is 10.2. The van der Waals surface area contributed by atoms with Gasteiger partial charge in [0.05, 0.1) is 6.42 Å². The highest BCUT2D eigenvalue weighted by atomic mass is 32.2. The Balaban J connectivity index is 4.78. The molecule has 0 rings (SSSR count). The first-order chi connectivity index (χ1) is 17.1. The summed E-state index contributed by atoms with van der Waals surface area (Å²) in [6.07, 6.45) is 8.79. The van der Waals surface area contributed by atoms with Crippen molar-refractivity contribution in [1.29, 1.82) is 0 Å². The zero-order valence-electron chi connectivity index (χ0n) is 23.2. The van der Waals surface area contributed by atoms with E-state index < -0.39 is 48.0 Å². The zero-order valence-corrected chi connectivity index (χ0v) is 24.0. The third-order valence-corrected chi connectivity index (χ3v) is 5.93. The normalized spacial score (nSPS) is 13.8. The topological polar surface area (TPSA) is 142 Å². The molecular formula is C27H44N2O7S. The van der Waals surface area contributed by atoms with E-state index >= 15 is 0 Å². The van der Waals surface area contributed by atoms with E-state index in [0.29, 0.717) is 5.75 Å². The van der Waals surface area contributed by atoms with Crippen LogP contribution in [0.3, 0.4) is 0 Å². The first-order valence-electron chi connectivity index (χ1n) is 12.4. The number of carboxylic acid groups (broad SMARTS) is 2. The number of aliphatic carboxylic acids is 2. The van der Waals surface area contributed by atoms with E-state index in [2.05, 4.69) is 43.6 Å². The van der Waals surface area contributed by atoms with Crippen LogP contribution in [-0.2, 0) is 19.1 Å². The van der Waals surface area contributed by atoms with Gasteiger partial charge in [-0.3, -0.25) is 9.59 Å². The Morgan fingerprint density at radius 1 is 0.865 bits per heavy atom. The van der Waals surface area contributed by atoms with Crippen LogP contribution in [0.25, 0.3) is 0 Å². The van der Waals surface area contributed by atoms with Crippen molar-refractivity contribution in [2.75, 3.05) is 11.5 Å². The highest BCUT2D eigenvalue weighted by molar-refractivity contribution is 7.99. The highest BCUT2D eigenvalue weighted by Crippen LogP contribution is 2.13. The Kier molecular flexibility index (Phi) is 16.3. The quantitative estimate of drug-likeness (QED) is 0.157. The zero-order chi connectivity index (χ0) is 28.6. The van der Waals surface area contributed by atoms with Gasteiger partial charge in [0.1, 0.15) is 17.7 Å². The third kappa shape index (κ3) is 19.1. The van der Waals surface area contributed by atoms with E-state index in [-0.39, 0.29) is 5.75 Å². The molecule has 0 aliphatic rings. The molecule has 37 heavy (non-hydrogen) atoms. The van der Waals surface area contributed by atoms with Crippen LogP contribution in [-0.4, -0.2) is 63.3 Å². The van der Waals surface area contributed by atoms with E-state index in [4.69, 9.17) is 9.84 Å². The number of ether oxygens (including phenoxy) is 1. The molecule has 4 N–H and O–H groups in total. The van der Waals surface area contributed by atoms with E-state index in [1.165, 1.54) is 28.5 Å². The minimum Gasteiger partial charge on any atom is -0.481 e. The summed E-state index contributed by atoms with van der Waals surface area (Å²) < 4.78 is 5.07. The van der Waals surface area contributed by atoms with Crippen LogP contribution in [0, 0.1) is 0 Å². The average molecular weight is 541 g/mol. The smallest absolute Gasteiger partial charge is 0.408 e. The minimum atomic E-state index is -1.47. The van der Waals surface area contributed by atoms with Gasteiger partial charge in [-0.2, -0.15) is 11.8 Å². The number of carboxylic acids is 2. The summed E-state index contributed by atoms with van der Waals surface area (Å²) in [5, 5.41) is 23.1. The molecule has 0 fully saturated rings. The van der Waals surface area contributed by atoms with Crippen LogP contribution >= 0.6 is 11.8 Å². The maximum absolute atomic E-state index is 12.6. The van der Waals surface area contributed by atoms with Gasteiger partial charge in [0, 0.05) is 11.5 Å². The molecule has 2 amide bonds. The molecule has 0 bridgehead atoms. The van der Waals surface area contributed by atoms with Gasteiger partial charge in [0.2, 0.25) is 5.91 Å². The molecule has 0 radical (unpaired) electrons. The number of rotatable bonds is 16. The van der Waals surface area contributed by atoms with Crippen LogP contribution in [0.5, 0.6) is 0 Å². The molecule has 0 aromatic rings. The van der Waals surface area contributed by atoms with Crippen molar-refractivity contribution >= 4 is 35.7 Å². The summed E-state index contributed by atoms with van der Waals surface area (Å²) in [5.74, 6) is -2.82. The molecule has 0 aliphatic carbocycles. The number of alkyl carbamates (subject to hydrolysis) is 1. The minimum absolute atomic E-state index is 0.0838. The van der Waals surface area contributed by atoms with Crippen molar-refractivity contribution in [3.05, 3.63) is 34.9 Å². The van der Waals surface area contributed by atoms with E-state index in [0.717, 1.165) is 25.7 Å². The Labute approximate surface area is 225 Å². The lowest BCUT2D eigenvalue weighted by Gasteiger charge is -2.23. The molecule has 0 aromatic heterocycles. The number of allylic oxidation sites excluding steroid dienone is 5. The maximum atomic E-state index is 12.6. The van der Waals surface area contributed by atoms with Gasteiger partial charge in [-0.1, -0.05) is 34.9 Å². The highest BCUT2D eigenvalue weighted by Gasteiger charge is 2.29. The van der Waals surface area contributed by atoms with Crippen LogP contribution in [0.15, 0.2) is 34.9 Å². The molecule has 210 valence electrons. The molecule has 0 aromatic carbocycles. The predicted molar refractivity (Wildman–Crippen MR) is 148 cm³/mol. The molecule has 2 unspecified atom stereocenters. The van der Waals surface area contributed by atoms with Crippen molar-refractivity contribution in [3.63, 3.8) is 0 Å². The van der Waals surface area contributed by atoms with Crippen LogP contribution in [0.4, 0.5) is 4.79 Å². The summed E-state index contributed by atoms with van der Waals surface area (Å²) >= 11 is 1.34. The van der Waals surface area contributed by atoms with Crippen LogP contribution in [0.2, 0.25) is 0 Å². The number of carbonyl (C=O) groups is 4. The van der Waals surface area contributed by atoms with Gasteiger partial charge >= 0.3 is 18.0 Å². The SMILES string of the molecule is CC(C)=CCC/C(C)=C/CC/C(C)=C/CSCC(NC(=O)C(CC(=O)O)NC(=O)OC(C)(C)C)C(=O)O. The molecule has 0 heterocycles. The number of hydrogen-bond donors (Lipinski definition) is 4. The number of hydrogen-bond acceptors (Lipinski definition) is 6. The van der Waals surface area contributed by atoms with E-state index in [1.54, 1.807) is 20.8 Å². The molecular weight excluding hydrogens is 496 g/mol. The number of carbonyl (C=O) groups excluding carboxylic acids is 2. The third-order valence-electron chi connectivity index (χ3n) is 4.96. The Morgan fingerprint density at radius 2 is 1.43 bits per heavy atom. The average Bonchev–Trinajstić information content (AvgIpc) is 2.73. The lowest BCUT2D eigenvalue weighted by atomic mass is 10.1. The fraction of sp³-hybridized carbons (Fsp3) is 0.630. The van der Waals surface area contributed by atoms with Crippen molar-refractivity contribution in [2.45, 2.75) is 98.3 Å². The van der Waals surface area contributed by atoms with Gasteiger partial charge in [-0.15, -0.1) is 0 Å². The monoisotopic (exact) mass is 540 g/mol. The van der Waals surface area contributed by atoms with E-state index in [9.17, 15) is 24.3 Å². The van der Waals surface area contributed by atoms with Gasteiger partial charge in [-0.05, 0) is 74.1 Å². The van der Waals surface area contributed by atoms with Crippen LogP contribution in [0.1, 0.15) is 80.6 Å². The lowest BCUT2D eigenvalue weighted by Crippen LogP contribution is -2.53. The Hall–Kier alpha value is -2.75. The molecule has 0 saturated carbocycles. The van der Waals surface area contributed by atoms with Crippen molar-refractivity contribution in [2.24, 2.45) is 0 Å². The predicted octanol–water partition coefficient (Wildman–Crippen LogP) is 5.08. The fourth-order valence-electron chi connectivity index (χ4n) is 3.01. The van der Waals surface area contributed by atoms with Crippen molar-refractivity contribution < 1.29 is 34.1 Å². The van der Waals surface area contributed by atoms with Crippen molar-refractivity contribution in [3.8, 4) is 0 Å². The fourth-order valence-corrected chi connectivity index (χ4v) is 4.01. The lowest BCUT2D eigenvalue weighted by molar-refractivity contribution is -0.142. The summed E-state index contributed by atoms with van der Waals surface area (Å²) in [6, 6.07) is -2.71. The largest absolute Gasteiger partial charge is 0.481 e. The second kappa shape index (κ2) is 17.7. The summed E-state index contributed by atoms with van der Waals surface area (Å²) in [4.78, 5) is 47.4. The molecule has 2 atom stereocenters. The first kappa shape index (κ1) is 34.2. The van der Waals surface area contributed by atoms with Gasteiger partial charge in [-0.25, -0.2) is 9.59 Å². The molecule has 10 heteroatoms. The Morgan fingerprint density at radius 3 is 1.95 bits per heavy atom. The summed E-state index contributed by atoms with van der Waals surface area (Å²) in [6.45, 7) is 13.2. The Bertz CT molecular complexity index is 868. The van der Waals surface area contributed by atoms with Crippen LogP contribution < -0.4 is 10.6 Å². The van der Waals surface area contributed by atoms with Gasteiger partial charge in [0.15, 0.2) is 0 Å². The molecule has 0 aliphatic heterocycles. The van der Waals surface area contributed by atoms with Gasteiger partial charge < -0.3 is 25.6 Å². The number of amides is 2. The van der Waals surface area contributed by atoms with E-state index in [1.807, 2.05) is 13.0 Å². The second-order valence-corrected chi connectivity index (χ2v) is 11.3. The first-order valence-corrected chi connectivity index (χ1v) is 13.5. The van der Waals surface area contributed by atoms with Gasteiger partial charge in [0.25, 0.3) is 0 Å².